The molecule has 1 heterocycles. The van der Waals surface area contributed by atoms with Crippen molar-refractivity contribution in [3.05, 3.63) is 82.9 Å². The zero-order chi connectivity index (χ0) is 23.2. The lowest BCUT2D eigenvalue weighted by Gasteiger charge is -2.28. The van der Waals surface area contributed by atoms with Crippen molar-refractivity contribution in [3.63, 3.8) is 0 Å². The highest BCUT2D eigenvalue weighted by Crippen LogP contribution is 2.43. The number of ketones is 1. The maximum absolute atomic E-state index is 13.4. The van der Waals surface area contributed by atoms with Gasteiger partial charge in [0.05, 0.1) is 25.8 Å². The summed E-state index contributed by atoms with van der Waals surface area (Å²) >= 11 is 0. The second-order valence-corrected chi connectivity index (χ2v) is 8.35. The van der Waals surface area contributed by atoms with Gasteiger partial charge >= 0.3 is 16.3 Å². The number of alkyl halides is 3. The minimum atomic E-state index is -4.99. The van der Waals surface area contributed by atoms with Crippen molar-refractivity contribution in [2.45, 2.75) is 16.2 Å². The summed E-state index contributed by atoms with van der Waals surface area (Å²) in [5.74, 6) is -3.55. The van der Waals surface area contributed by atoms with E-state index in [0.717, 1.165) is 12.1 Å². The Labute approximate surface area is 179 Å². The first-order valence-corrected chi connectivity index (χ1v) is 9.89. The molecule has 0 aliphatic carbocycles. The van der Waals surface area contributed by atoms with Gasteiger partial charge < -0.3 is 14.7 Å². The standard InChI is InChI=1S/C18H11B3F3NO5S/c19-16(11-8-4-5-9-12(11)18(22,23)24)14(26)13(15(25)29-16)30-31(27,28)17(20,21)10-6-2-1-3-7-10/h1-9H,25H2. The van der Waals surface area contributed by atoms with E-state index in [2.05, 4.69) is 0 Å². The van der Waals surface area contributed by atoms with E-state index in [0.29, 0.717) is 6.07 Å². The van der Waals surface area contributed by atoms with Crippen LogP contribution in [0.5, 0.6) is 0 Å². The lowest BCUT2D eigenvalue weighted by molar-refractivity contribution is -0.140. The summed E-state index contributed by atoms with van der Waals surface area (Å²) in [6.07, 6.45) is -4.89. The van der Waals surface area contributed by atoms with Gasteiger partial charge in [-0.15, -0.1) is 0 Å². The SMILES string of the molecule is [B]C1(c2ccccc2C(F)(F)F)OC(N)=C(OS(=O)(=O)C([B])([B])c2ccccc2)C1=O. The molecule has 0 aromatic heterocycles. The molecule has 1 unspecified atom stereocenters. The number of halogens is 3. The molecule has 2 N–H and O–H groups in total. The third-order valence-electron chi connectivity index (χ3n) is 4.50. The zero-order valence-corrected chi connectivity index (χ0v) is 16.4. The van der Waals surface area contributed by atoms with Gasteiger partial charge in [0.25, 0.3) is 0 Å². The number of hydrogen-bond acceptors (Lipinski definition) is 6. The van der Waals surface area contributed by atoms with Crippen LogP contribution in [0, 0.1) is 0 Å². The summed E-state index contributed by atoms with van der Waals surface area (Å²) in [4.78, 5) is 12.8. The molecule has 2 aromatic carbocycles. The number of hydrogen-bond donors (Lipinski definition) is 1. The van der Waals surface area contributed by atoms with E-state index in [1.54, 1.807) is 6.07 Å². The molecule has 13 heteroatoms. The molecule has 0 bridgehead atoms. The molecular formula is C18H11B3F3NO5S. The number of benzene rings is 2. The van der Waals surface area contributed by atoms with E-state index in [-0.39, 0.29) is 5.56 Å². The lowest BCUT2D eigenvalue weighted by atomic mass is 9.65. The van der Waals surface area contributed by atoms with Gasteiger partial charge in [0, 0.05) is 5.56 Å². The van der Waals surface area contributed by atoms with E-state index in [4.69, 9.17) is 38.2 Å². The molecule has 6 nitrogen and oxygen atoms in total. The van der Waals surface area contributed by atoms with Crippen molar-refractivity contribution >= 4 is 39.4 Å². The Morgan fingerprint density at radius 2 is 1.55 bits per heavy atom. The van der Waals surface area contributed by atoms with Gasteiger partial charge in [-0.2, -0.15) is 21.6 Å². The van der Waals surface area contributed by atoms with Crippen LogP contribution in [0.3, 0.4) is 0 Å². The van der Waals surface area contributed by atoms with Gasteiger partial charge in [-0.1, -0.05) is 48.5 Å². The number of carbonyl (C=O) groups excluding carboxylic acids is 1. The molecule has 0 fully saturated rings. The normalized spacial score (nSPS) is 19.9. The molecule has 3 rings (SSSR count). The van der Waals surface area contributed by atoms with Crippen molar-refractivity contribution in [2.24, 2.45) is 5.73 Å². The third-order valence-corrected chi connectivity index (χ3v) is 5.95. The van der Waals surface area contributed by atoms with Crippen LogP contribution in [-0.2, 0) is 40.1 Å². The molecule has 2 aromatic rings. The molecule has 31 heavy (non-hydrogen) atoms. The quantitative estimate of drug-likeness (QED) is 0.553. The molecule has 154 valence electrons. The van der Waals surface area contributed by atoms with Gasteiger partial charge in [-0.3, -0.25) is 4.79 Å². The van der Waals surface area contributed by atoms with E-state index >= 15 is 0 Å². The van der Waals surface area contributed by atoms with E-state index < -0.39 is 54.9 Å². The number of carbonyl (C=O) groups is 1. The number of rotatable bonds is 5. The molecule has 0 spiro atoms. The predicted molar refractivity (Wildman–Crippen MR) is 106 cm³/mol. The molecule has 0 saturated heterocycles. The van der Waals surface area contributed by atoms with E-state index in [1.807, 2.05) is 0 Å². The van der Waals surface area contributed by atoms with Gasteiger partial charge in [-0.05, 0) is 11.6 Å². The van der Waals surface area contributed by atoms with Crippen LogP contribution in [0.4, 0.5) is 13.2 Å². The van der Waals surface area contributed by atoms with Crippen LogP contribution in [0.25, 0.3) is 0 Å². The van der Waals surface area contributed by atoms with Gasteiger partial charge in [0.1, 0.15) is 7.85 Å². The maximum Gasteiger partial charge on any atom is 0.416 e. The summed E-state index contributed by atoms with van der Waals surface area (Å²) in [5, 5.41) is 0. The van der Waals surface area contributed by atoms with Crippen molar-refractivity contribution in [3.8, 4) is 0 Å². The summed E-state index contributed by atoms with van der Waals surface area (Å²) in [5.41, 5.74) is 0.578. The van der Waals surface area contributed by atoms with Crippen molar-refractivity contribution in [1.82, 2.24) is 0 Å². The molecule has 1 atom stereocenters. The molecular weight excluding hydrogens is 432 g/mol. The fraction of sp³-hybridized carbons (Fsp3) is 0.167. The van der Waals surface area contributed by atoms with E-state index in [9.17, 15) is 26.4 Å². The first kappa shape index (κ1) is 22.9. The van der Waals surface area contributed by atoms with Crippen LogP contribution < -0.4 is 5.73 Å². The largest absolute Gasteiger partial charge is 0.467 e. The number of nitrogens with two attached hydrogens (primary N) is 1. The average Bonchev–Trinajstić information content (AvgIpc) is 2.91. The lowest BCUT2D eigenvalue weighted by Crippen LogP contribution is -2.41. The van der Waals surface area contributed by atoms with Crippen LogP contribution in [0.15, 0.2) is 66.2 Å². The van der Waals surface area contributed by atoms with Crippen molar-refractivity contribution in [2.75, 3.05) is 0 Å². The third kappa shape index (κ3) is 3.82. The summed E-state index contributed by atoms with van der Waals surface area (Å²) in [7, 11) is 12.2. The molecule has 0 saturated carbocycles. The average molecular weight is 443 g/mol. The smallest absolute Gasteiger partial charge is 0.416 e. The Balaban J connectivity index is 2.00. The van der Waals surface area contributed by atoms with Crippen LogP contribution in [0.2, 0.25) is 0 Å². The molecule has 1 aliphatic rings. The summed E-state index contributed by atoms with van der Waals surface area (Å²) in [6.45, 7) is 0. The highest BCUT2D eigenvalue weighted by Gasteiger charge is 2.53. The van der Waals surface area contributed by atoms with Crippen LogP contribution in [0.1, 0.15) is 16.7 Å². The Hall–Kier alpha value is -2.82. The van der Waals surface area contributed by atoms with Crippen LogP contribution in [-0.4, -0.2) is 37.7 Å². The minimum absolute atomic E-state index is 0.0954. The predicted octanol–water partition coefficient (Wildman–Crippen LogP) is 1.25. The summed E-state index contributed by atoms with van der Waals surface area (Å²) in [6, 6.07) is 10.9. The van der Waals surface area contributed by atoms with Crippen molar-refractivity contribution in [1.29, 1.82) is 0 Å². The number of Topliss-reactive ketones (excluding diaryl/α,β-unsaturated/α-hetero) is 1. The van der Waals surface area contributed by atoms with Gasteiger partial charge in [0.2, 0.25) is 17.4 Å². The number of ether oxygens (including phenoxy) is 1. The monoisotopic (exact) mass is 443 g/mol. The highest BCUT2D eigenvalue weighted by atomic mass is 32.2. The Kier molecular flexibility index (Phi) is 5.46. The summed E-state index contributed by atoms with van der Waals surface area (Å²) < 4.78 is 72.6. The van der Waals surface area contributed by atoms with E-state index in [1.165, 1.54) is 30.3 Å². The Morgan fingerprint density at radius 3 is 2.13 bits per heavy atom. The second-order valence-electron chi connectivity index (χ2n) is 6.60. The minimum Gasteiger partial charge on any atom is -0.467 e. The fourth-order valence-electron chi connectivity index (χ4n) is 2.88. The topological polar surface area (TPSA) is 95.7 Å². The van der Waals surface area contributed by atoms with Crippen molar-refractivity contribution < 1.29 is 35.3 Å². The zero-order valence-electron chi connectivity index (χ0n) is 15.6. The van der Waals surface area contributed by atoms with Gasteiger partial charge in [-0.25, -0.2) is 0 Å². The highest BCUT2D eigenvalue weighted by molar-refractivity contribution is 7.90. The first-order valence-electron chi connectivity index (χ1n) is 8.48. The van der Waals surface area contributed by atoms with Crippen LogP contribution >= 0.6 is 0 Å². The van der Waals surface area contributed by atoms with Gasteiger partial charge in [0.15, 0.2) is 5.50 Å². The first-order chi connectivity index (χ1) is 14.2. The second kappa shape index (κ2) is 7.40. The Bertz CT molecular complexity index is 1170. The maximum atomic E-state index is 13.4. The molecule has 6 radical (unpaired) electrons. The fourth-order valence-corrected chi connectivity index (χ4v) is 3.82. The Morgan fingerprint density at radius 1 is 1.00 bits per heavy atom. The molecule has 1 aliphatic heterocycles. The molecule has 0 amide bonds.